The Bertz CT molecular complexity index is 203. The van der Waals surface area contributed by atoms with Crippen molar-refractivity contribution in [1.29, 1.82) is 0 Å². The Hall–Kier alpha value is -0.650. The van der Waals surface area contributed by atoms with Crippen LogP contribution in [0.1, 0.15) is 13.8 Å². The minimum absolute atomic E-state index is 0.00662. The number of amides is 1. The first-order valence-electron chi connectivity index (χ1n) is 5.86. The number of nitrogens with one attached hydrogen (secondary N) is 2. The normalized spacial score (nSPS) is 21.1. The Morgan fingerprint density at radius 3 is 3.06 bits per heavy atom. The van der Waals surface area contributed by atoms with Crippen LogP contribution in [0.2, 0.25) is 0 Å². The number of morpholine rings is 1. The number of rotatable bonds is 6. The molecule has 1 aliphatic heterocycles. The van der Waals surface area contributed by atoms with E-state index in [9.17, 15) is 4.79 Å². The van der Waals surface area contributed by atoms with Crippen LogP contribution in [-0.4, -0.2) is 51.5 Å². The van der Waals surface area contributed by atoms with Gasteiger partial charge in [-0.15, -0.1) is 0 Å². The van der Waals surface area contributed by atoms with E-state index in [1.54, 1.807) is 0 Å². The number of carbonyl (C=O) groups is 1. The molecule has 94 valence electrons. The second kappa shape index (κ2) is 7.60. The summed E-state index contributed by atoms with van der Waals surface area (Å²) >= 11 is 0. The minimum atomic E-state index is -0.209. The fourth-order valence-corrected chi connectivity index (χ4v) is 1.42. The smallest absolute Gasteiger partial charge is 0.239 e. The molecule has 1 amide bonds. The van der Waals surface area contributed by atoms with Gasteiger partial charge in [0.1, 0.15) is 6.04 Å². The molecule has 1 fully saturated rings. The highest BCUT2D eigenvalue weighted by atomic mass is 16.5. The van der Waals surface area contributed by atoms with E-state index in [1.165, 1.54) is 0 Å². The fraction of sp³-hybridized carbons (Fsp3) is 0.909. The number of hydrogen-bond donors (Lipinski definition) is 2. The van der Waals surface area contributed by atoms with Gasteiger partial charge < -0.3 is 20.1 Å². The molecule has 0 spiro atoms. The van der Waals surface area contributed by atoms with E-state index < -0.39 is 0 Å². The third-order valence-electron chi connectivity index (χ3n) is 2.23. The van der Waals surface area contributed by atoms with Crippen molar-refractivity contribution < 1.29 is 14.3 Å². The van der Waals surface area contributed by atoms with Crippen molar-refractivity contribution in [3.8, 4) is 0 Å². The summed E-state index contributed by atoms with van der Waals surface area (Å²) in [4.78, 5) is 11.6. The zero-order valence-electron chi connectivity index (χ0n) is 10.1. The zero-order chi connectivity index (χ0) is 11.8. The summed E-state index contributed by atoms with van der Waals surface area (Å²) in [5.41, 5.74) is 0. The number of ether oxygens (including phenoxy) is 2. The molecule has 0 aliphatic carbocycles. The first-order chi connectivity index (χ1) is 7.70. The molecule has 1 atom stereocenters. The Balaban J connectivity index is 2.01. The van der Waals surface area contributed by atoms with E-state index >= 15 is 0 Å². The predicted octanol–water partition coefficient (Wildman–Crippen LogP) is -0.236. The van der Waals surface area contributed by atoms with E-state index in [-0.39, 0.29) is 11.9 Å². The maximum absolute atomic E-state index is 11.6. The summed E-state index contributed by atoms with van der Waals surface area (Å²) in [5, 5.41) is 5.92. The molecule has 0 saturated carbocycles. The Kier molecular flexibility index (Phi) is 6.37. The molecule has 0 radical (unpaired) electrons. The van der Waals surface area contributed by atoms with Crippen LogP contribution in [0.3, 0.4) is 0 Å². The zero-order valence-corrected chi connectivity index (χ0v) is 10.1. The largest absolute Gasteiger partial charge is 0.379 e. The summed E-state index contributed by atoms with van der Waals surface area (Å²) in [7, 11) is 0. The lowest BCUT2D eigenvalue weighted by atomic mass is 10.2. The SMILES string of the molecule is CC(C)COCCNC(=O)C1COCCN1. The molecule has 1 aliphatic rings. The van der Waals surface area contributed by atoms with Crippen molar-refractivity contribution in [3.63, 3.8) is 0 Å². The lowest BCUT2D eigenvalue weighted by molar-refractivity contribution is -0.126. The summed E-state index contributed by atoms with van der Waals surface area (Å²) in [5.74, 6) is 0.525. The van der Waals surface area contributed by atoms with Crippen LogP contribution in [0.4, 0.5) is 0 Å². The van der Waals surface area contributed by atoms with E-state index in [4.69, 9.17) is 9.47 Å². The first-order valence-corrected chi connectivity index (χ1v) is 5.86. The van der Waals surface area contributed by atoms with E-state index in [0.717, 1.165) is 13.2 Å². The van der Waals surface area contributed by atoms with Gasteiger partial charge in [-0.3, -0.25) is 4.79 Å². The highest BCUT2D eigenvalue weighted by Gasteiger charge is 2.20. The Labute approximate surface area is 96.9 Å². The van der Waals surface area contributed by atoms with E-state index in [0.29, 0.717) is 32.3 Å². The average molecular weight is 230 g/mol. The highest BCUT2D eigenvalue weighted by molar-refractivity contribution is 5.81. The van der Waals surface area contributed by atoms with Gasteiger partial charge >= 0.3 is 0 Å². The lowest BCUT2D eigenvalue weighted by Crippen LogP contribution is -2.51. The van der Waals surface area contributed by atoms with E-state index in [1.807, 2.05) is 0 Å². The molecule has 0 aromatic rings. The molecule has 1 heterocycles. The van der Waals surface area contributed by atoms with Crippen LogP contribution in [0, 0.1) is 5.92 Å². The van der Waals surface area contributed by atoms with Crippen molar-refractivity contribution in [2.45, 2.75) is 19.9 Å². The molecule has 5 heteroatoms. The first kappa shape index (κ1) is 13.4. The van der Waals surface area contributed by atoms with Gasteiger partial charge in [-0.25, -0.2) is 0 Å². The average Bonchev–Trinajstić information content (AvgIpc) is 2.29. The molecule has 0 aromatic carbocycles. The van der Waals surface area contributed by atoms with Gasteiger partial charge in [0, 0.05) is 19.7 Å². The van der Waals surface area contributed by atoms with Crippen molar-refractivity contribution in [2.24, 2.45) is 5.92 Å². The maximum Gasteiger partial charge on any atom is 0.239 e. The Morgan fingerprint density at radius 1 is 1.62 bits per heavy atom. The summed E-state index contributed by atoms with van der Waals surface area (Å²) in [6, 6.07) is -0.209. The third kappa shape index (κ3) is 5.44. The second-order valence-electron chi connectivity index (χ2n) is 4.34. The molecular weight excluding hydrogens is 208 g/mol. The van der Waals surface area contributed by atoms with Crippen LogP contribution in [0.15, 0.2) is 0 Å². The van der Waals surface area contributed by atoms with Crippen LogP contribution in [-0.2, 0) is 14.3 Å². The van der Waals surface area contributed by atoms with Crippen LogP contribution >= 0.6 is 0 Å². The number of hydrogen-bond acceptors (Lipinski definition) is 4. The molecule has 16 heavy (non-hydrogen) atoms. The van der Waals surface area contributed by atoms with Crippen LogP contribution in [0.5, 0.6) is 0 Å². The van der Waals surface area contributed by atoms with Crippen molar-refractivity contribution in [2.75, 3.05) is 39.5 Å². The lowest BCUT2D eigenvalue weighted by Gasteiger charge is -2.22. The van der Waals surface area contributed by atoms with Gasteiger partial charge in [0.05, 0.1) is 19.8 Å². The van der Waals surface area contributed by atoms with Crippen LogP contribution < -0.4 is 10.6 Å². The minimum Gasteiger partial charge on any atom is -0.379 e. The van der Waals surface area contributed by atoms with Gasteiger partial charge in [0.25, 0.3) is 0 Å². The number of carbonyl (C=O) groups excluding carboxylic acids is 1. The molecule has 1 rings (SSSR count). The topological polar surface area (TPSA) is 59.6 Å². The summed E-state index contributed by atoms with van der Waals surface area (Å²) in [6.45, 7) is 7.94. The molecule has 1 unspecified atom stereocenters. The van der Waals surface area contributed by atoms with Crippen molar-refractivity contribution in [3.05, 3.63) is 0 Å². The third-order valence-corrected chi connectivity index (χ3v) is 2.23. The van der Waals surface area contributed by atoms with Gasteiger partial charge in [-0.1, -0.05) is 13.8 Å². The van der Waals surface area contributed by atoms with Crippen LogP contribution in [0.25, 0.3) is 0 Å². The van der Waals surface area contributed by atoms with Gasteiger partial charge in [0.15, 0.2) is 0 Å². The maximum atomic E-state index is 11.6. The molecule has 2 N–H and O–H groups in total. The van der Waals surface area contributed by atoms with Gasteiger partial charge in [0.2, 0.25) is 5.91 Å². The fourth-order valence-electron chi connectivity index (χ4n) is 1.42. The second-order valence-corrected chi connectivity index (χ2v) is 4.34. The summed E-state index contributed by atoms with van der Waals surface area (Å²) < 4.78 is 10.6. The summed E-state index contributed by atoms with van der Waals surface area (Å²) in [6.07, 6.45) is 0. The van der Waals surface area contributed by atoms with Crippen molar-refractivity contribution in [1.82, 2.24) is 10.6 Å². The highest BCUT2D eigenvalue weighted by Crippen LogP contribution is 1.93. The van der Waals surface area contributed by atoms with E-state index in [2.05, 4.69) is 24.5 Å². The molecule has 0 aromatic heterocycles. The predicted molar refractivity (Wildman–Crippen MR) is 61.3 cm³/mol. The molecular formula is C11H22N2O3. The standard InChI is InChI=1S/C11H22N2O3/c1-9(2)7-15-6-4-13-11(14)10-8-16-5-3-12-10/h9-10,12H,3-8H2,1-2H3,(H,13,14). The molecule has 0 bridgehead atoms. The van der Waals surface area contributed by atoms with Crippen molar-refractivity contribution >= 4 is 5.91 Å². The Morgan fingerprint density at radius 2 is 2.44 bits per heavy atom. The van der Waals surface area contributed by atoms with Gasteiger partial charge in [-0.2, -0.15) is 0 Å². The molecule has 5 nitrogen and oxygen atoms in total. The quantitative estimate of drug-likeness (QED) is 0.619. The molecule has 1 saturated heterocycles. The monoisotopic (exact) mass is 230 g/mol. The van der Waals surface area contributed by atoms with Gasteiger partial charge in [-0.05, 0) is 5.92 Å².